The van der Waals surface area contributed by atoms with Crippen molar-refractivity contribution in [1.82, 2.24) is 4.98 Å². The number of alkyl halides is 3. The normalized spacial score (nSPS) is 11.1. The Labute approximate surface area is 151 Å². The minimum absolute atomic E-state index is 0.0941. The van der Waals surface area contributed by atoms with Gasteiger partial charge in [-0.3, -0.25) is 4.79 Å². The molecule has 0 saturated heterocycles. The molecule has 0 aliphatic carbocycles. The van der Waals surface area contributed by atoms with E-state index in [1.54, 1.807) is 0 Å². The van der Waals surface area contributed by atoms with Gasteiger partial charge in [0.15, 0.2) is 0 Å². The third-order valence-electron chi connectivity index (χ3n) is 3.62. The van der Waals surface area contributed by atoms with Gasteiger partial charge in [-0.25, -0.2) is 9.37 Å². The molecule has 4 nitrogen and oxygen atoms in total. The first kappa shape index (κ1) is 18.4. The van der Waals surface area contributed by atoms with E-state index in [9.17, 15) is 22.4 Å². The van der Waals surface area contributed by atoms with Gasteiger partial charge in [0.2, 0.25) is 0 Å². The molecule has 0 radical (unpaired) electrons. The van der Waals surface area contributed by atoms with E-state index in [0.29, 0.717) is 11.5 Å². The van der Waals surface area contributed by atoms with Crippen LogP contribution >= 0.6 is 0 Å². The van der Waals surface area contributed by atoms with Crippen molar-refractivity contribution >= 4 is 23.1 Å². The van der Waals surface area contributed by atoms with E-state index in [2.05, 4.69) is 15.6 Å². The maximum Gasteiger partial charge on any atom is 0.418 e. The van der Waals surface area contributed by atoms with Crippen molar-refractivity contribution in [2.45, 2.75) is 6.18 Å². The second-order valence-electron chi connectivity index (χ2n) is 5.56. The Balaban J connectivity index is 1.72. The molecule has 0 spiro atoms. The fraction of sp³-hybridized carbons (Fsp3) is 0.0526. The predicted octanol–water partition coefficient (Wildman–Crippen LogP) is 5.24. The number of anilines is 3. The van der Waals surface area contributed by atoms with Gasteiger partial charge in [0.1, 0.15) is 11.6 Å². The van der Waals surface area contributed by atoms with E-state index in [1.807, 2.05) is 0 Å². The Morgan fingerprint density at radius 2 is 1.63 bits per heavy atom. The molecule has 0 bridgehead atoms. The summed E-state index contributed by atoms with van der Waals surface area (Å²) in [5, 5.41) is 5.17. The minimum atomic E-state index is -4.58. The zero-order chi connectivity index (χ0) is 19.4. The Morgan fingerprint density at radius 1 is 0.926 bits per heavy atom. The summed E-state index contributed by atoms with van der Waals surface area (Å²) in [6.07, 6.45) is -3.34. The van der Waals surface area contributed by atoms with Crippen LogP contribution in [-0.4, -0.2) is 10.9 Å². The molecule has 0 fully saturated rings. The number of rotatable bonds is 4. The average molecular weight is 375 g/mol. The summed E-state index contributed by atoms with van der Waals surface area (Å²) in [6.45, 7) is 0. The molecule has 27 heavy (non-hydrogen) atoms. The molecule has 1 amide bonds. The third kappa shape index (κ3) is 4.60. The van der Waals surface area contributed by atoms with Crippen molar-refractivity contribution in [2.24, 2.45) is 0 Å². The number of carbonyl (C=O) groups is 1. The summed E-state index contributed by atoms with van der Waals surface area (Å²) in [5.74, 6) is -0.693. The lowest BCUT2D eigenvalue weighted by Gasteiger charge is -2.13. The molecule has 138 valence electrons. The number of para-hydroxylation sites is 1. The standard InChI is InChI=1S/C19H13F4N3O/c20-13-6-8-14(9-7-13)25-17-10-5-12(11-24-17)18(27)26-16-4-2-1-3-15(16)19(21,22)23/h1-11H,(H,24,25)(H,26,27). The number of benzene rings is 2. The van der Waals surface area contributed by atoms with Crippen molar-refractivity contribution in [2.75, 3.05) is 10.6 Å². The van der Waals surface area contributed by atoms with Crippen molar-refractivity contribution in [3.63, 3.8) is 0 Å². The molecule has 0 aliphatic heterocycles. The summed E-state index contributed by atoms with van der Waals surface area (Å²) in [4.78, 5) is 16.3. The van der Waals surface area contributed by atoms with Gasteiger partial charge >= 0.3 is 6.18 Å². The number of hydrogen-bond acceptors (Lipinski definition) is 3. The van der Waals surface area contributed by atoms with Gasteiger partial charge < -0.3 is 10.6 Å². The van der Waals surface area contributed by atoms with E-state index in [4.69, 9.17) is 0 Å². The second kappa shape index (κ2) is 7.45. The zero-order valence-electron chi connectivity index (χ0n) is 13.7. The molecule has 2 aromatic carbocycles. The topological polar surface area (TPSA) is 54.0 Å². The van der Waals surface area contributed by atoms with Gasteiger partial charge in [-0.2, -0.15) is 13.2 Å². The van der Waals surface area contributed by atoms with Crippen LogP contribution in [0.25, 0.3) is 0 Å². The molecule has 1 heterocycles. The summed E-state index contributed by atoms with van der Waals surface area (Å²) in [5.41, 5.74) is -0.568. The second-order valence-corrected chi connectivity index (χ2v) is 5.56. The highest BCUT2D eigenvalue weighted by atomic mass is 19.4. The monoisotopic (exact) mass is 375 g/mol. The number of halogens is 4. The summed E-state index contributed by atoms with van der Waals surface area (Å²) in [6, 6.07) is 13.2. The average Bonchev–Trinajstić information content (AvgIpc) is 2.64. The molecule has 1 aromatic heterocycles. The van der Waals surface area contributed by atoms with Gasteiger partial charge in [-0.1, -0.05) is 12.1 Å². The van der Waals surface area contributed by atoms with Gasteiger partial charge in [-0.05, 0) is 48.5 Å². The molecular weight excluding hydrogens is 362 g/mol. The lowest BCUT2D eigenvalue weighted by Crippen LogP contribution is -2.16. The van der Waals surface area contributed by atoms with E-state index in [1.165, 1.54) is 60.8 Å². The number of pyridine rings is 1. The quantitative estimate of drug-likeness (QED) is 0.614. The van der Waals surface area contributed by atoms with E-state index in [-0.39, 0.29) is 17.1 Å². The van der Waals surface area contributed by atoms with Crippen LogP contribution in [0.3, 0.4) is 0 Å². The highest BCUT2D eigenvalue weighted by Crippen LogP contribution is 2.34. The van der Waals surface area contributed by atoms with Crippen molar-refractivity contribution in [1.29, 1.82) is 0 Å². The SMILES string of the molecule is O=C(Nc1ccccc1C(F)(F)F)c1ccc(Nc2ccc(F)cc2)nc1. The third-order valence-corrected chi connectivity index (χ3v) is 3.62. The van der Waals surface area contributed by atoms with Gasteiger partial charge in [0, 0.05) is 11.9 Å². The molecule has 0 unspecified atom stereocenters. The van der Waals surface area contributed by atoms with Crippen LogP contribution in [0.2, 0.25) is 0 Å². The van der Waals surface area contributed by atoms with Crippen LogP contribution in [-0.2, 0) is 6.18 Å². The molecule has 0 saturated carbocycles. The van der Waals surface area contributed by atoms with Gasteiger partial charge in [-0.15, -0.1) is 0 Å². The van der Waals surface area contributed by atoms with Crippen LogP contribution in [0.15, 0.2) is 66.9 Å². The molecule has 0 aliphatic rings. The first-order valence-corrected chi connectivity index (χ1v) is 7.79. The Hall–Kier alpha value is -3.42. The van der Waals surface area contributed by atoms with Gasteiger partial charge in [0.25, 0.3) is 5.91 Å². The number of hydrogen-bond donors (Lipinski definition) is 2. The van der Waals surface area contributed by atoms with Crippen LogP contribution in [0.4, 0.5) is 34.8 Å². The largest absolute Gasteiger partial charge is 0.418 e. The number of carbonyl (C=O) groups excluding carboxylic acids is 1. The molecule has 3 rings (SSSR count). The molecule has 8 heteroatoms. The first-order valence-electron chi connectivity index (χ1n) is 7.79. The smallest absolute Gasteiger partial charge is 0.340 e. The molecule has 0 atom stereocenters. The zero-order valence-corrected chi connectivity index (χ0v) is 13.7. The summed E-state index contributed by atoms with van der Waals surface area (Å²) in [7, 11) is 0. The molecule has 2 N–H and O–H groups in total. The van der Waals surface area contributed by atoms with Crippen molar-refractivity contribution < 1.29 is 22.4 Å². The Bertz CT molecular complexity index is 938. The number of amides is 1. The van der Waals surface area contributed by atoms with Crippen molar-refractivity contribution in [3.05, 3.63) is 83.8 Å². The van der Waals surface area contributed by atoms with Crippen LogP contribution in [0.5, 0.6) is 0 Å². The lowest BCUT2D eigenvalue weighted by molar-refractivity contribution is -0.136. The van der Waals surface area contributed by atoms with E-state index < -0.39 is 17.6 Å². The minimum Gasteiger partial charge on any atom is -0.340 e. The Morgan fingerprint density at radius 3 is 2.26 bits per heavy atom. The lowest BCUT2D eigenvalue weighted by atomic mass is 10.1. The van der Waals surface area contributed by atoms with Crippen LogP contribution in [0, 0.1) is 5.82 Å². The summed E-state index contributed by atoms with van der Waals surface area (Å²) >= 11 is 0. The fourth-order valence-electron chi connectivity index (χ4n) is 2.32. The fourth-order valence-corrected chi connectivity index (χ4v) is 2.32. The van der Waals surface area contributed by atoms with E-state index in [0.717, 1.165) is 6.07 Å². The highest BCUT2D eigenvalue weighted by Gasteiger charge is 2.33. The van der Waals surface area contributed by atoms with Gasteiger partial charge in [0.05, 0.1) is 16.8 Å². The number of nitrogens with zero attached hydrogens (tertiary/aromatic N) is 1. The molecular formula is C19H13F4N3O. The summed E-state index contributed by atoms with van der Waals surface area (Å²) < 4.78 is 51.9. The Kier molecular flexibility index (Phi) is 5.07. The molecule has 3 aromatic rings. The first-order chi connectivity index (χ1) is 12.8. The predicted molar refractivity (Wildman–Crippen MR) is 93.3 cm³/mol. The number of nitrogens with one attached hydrogen (secondary N) is 2. The number of aromatic nitrogens is 1. The maximum absolute atomic E-state index is 13.0. The maximum atomic E-state index is 13.0. The van der Waals surface area contributed by atoms with E-state index >= 15 is 0 Å². The highest BCUT2D eigenvalue weighted by molar-refractivity contribution is 6.04. The van der Waals surface area contributed by atoms with Crippen LogP contribution < -0.4 is 10.6 Å². The van der Waals surface area contributed by atoms with Crippen molar-refractivity contribution in [3.8, 4) is 0 Å². The van der Waals surface area contributed by atoms with Crippen LogP contribution in [0.1, 0.15) is 15.9 Å².